The Hall–Kier alpha value is -2.44. The van der Waals surface area contributed by atoms with Crippen LogP contribution in [0.2, 0.25) is 0 Å². The third-order valence-corrected chi connectivity index (χ3v) is 1.54. The van der Waals surface area contributed by atoms with Gasteiger partial charge in [0.15, 0.2) is 0 Å². The predicted octanol–water partition coefficient (Wildman–Crippen LogP) is 2.16. The van der Waals surface area contributed by atoms with E-state index < -0.39 is 0 Å². The Morgan fingerprint density at radius 3 is 3.13 bits per heavy atom. The van der Waals surface area contributed by atoms with Gasteiger partial charge in [0.1, 0.15) is 0 Å². The van der Waals surface area contributed by atoms with Gasteiger partial charge < -0.3 is 5.21 Å². The summed E-state index contributed by atoms with van der Waals surface area (Å²) in [6.07, 6.45) is 1.32. The van der Waals surface area contributed by atoms with Gasteiger partial charge >= 0.3 is 0 Å². The maximum Gasteiger partial charge on any atom is 0.0880 e. The summed E-state index contributed by atoms with van der Waals surface area (Å²) in [5.74, 6) is 5.51. The average Bonchev–Trinajstić information content (AvgIpc) is 2.26. The van der Waals surface area contributed by atoms with Crippen LogP contribution in [0.15, 0.2) is 34.5 Å². The van der Waals surface area contributed by atoms with E-state index in [-0.39, 0.29) is 6.54 Å². The Morgan fingerprint density at radius 2 is 2.40 bits per heavy atom. The third kappa shape index (κ3) is 3.85. The monoisotopic (exact) mass is 200 g/mol. The van der Waals surface area contributed by atoms with Gasteiger partial charge in [0.25, 0.3) is 0 Å². The van der Waals surface area contributed by atoms with Crippen molar-refractivity contribution < 1.29 is 5.21 Å². The molecule has 0 saturated heterocycles. The van der Waals surface area contributed by atoms with Crippen molar-refractivity contribution in [3.8, 4) is 11.8 Å². The largest absolute Gasteiger partial charge is 0.411 e. The molecule has 0 bridgehead atoms. The average molecular weight is 200 g/mol. The molecule has 0 heterocycles. The van der Waals surface area contributed by atoms with Crippen molar-refractivity contribution in [2.45, 2.75) is 0 Å². The minimum Gasteiger partial charge on any atom is -0.411 e. The first-order chi connectivity index (χ1) is 7.36. The Morgan fingerprint density at radius 1 is 1.53 bits per heavy atom. The first-order valence-corrected chi connectivity index (χ1v) is 4.14. The third-order valence-electron chi connectivity index (χ3n) is 1.54. The molecule has 1 aromatic rings. The van der Waals surface area contributed by atoms with Crippen LogP contribution in [0.1, 0.15) is 11.1 Å². The topological polar surface area (TPSA) is 81.4 Å². The molecular weight excluding hydrogens is 192 g/mol. The smallest absolute Gasteiger partial charge is 0.0880 e. The van der Waals surface area contributed by atoms with E-state index in [0.29, 0.717) is 0 Å². The number of azide groups is 1. The summed E-state index contributed by atoms with van der Waals surface area (Å²) < 4.78 is 0. The van der Waals surface area contributed by atoms with Crippen molar-refractivity contribution >= 4 is 6.21 Å². The van der Waals surface area contributed by atoms with Crippen molar-refractivity contribution in [2.75, 3.05) is 6.54 Å². The Balaban J connectivity index is 2.79. The Kier molecular flexibility index (Phi) is 4.31. The van der Waals surface area contributed by atoms with E-state index >= 15 is 0 Å². The van der Waals surface area contributed by atoms with Gasteiger partial charge in [-0.15, -0.1) is 0 Å². The van der Waals surface area contributed by atoms with Gasteiger partial charge in [0.2, 0.25) is 0 Å². The van der Waals surface area contributed by atoms with E-state index in [1.165, 1.54) is 6.21 Å². The molecule has 0 aliphatic rings. The number of hydrogen-bond acceptors (Lipinski definition) is 3. The first kappa shape index (κ1) is 10.6. The molecule has 0 atom stereocenters. The summed E-state index contributed by atoms with van der Waals surface area (Å²) in [6, 6.07) is 7.17. The van der Waals surface area contributed by atoms with E-state index in [2.05, 4.69) is 27.0 Å². The summed E-state index contributed by atoms with van der Waals surface area (Å²) in [7, 11) is 0. The molecule has 15 heavy (non-hydrogen) atoms. The molecule has 0 saturated carbocycles. The second kappa shape index (κ2) is 6.08. The molecule has 1 aromatic carbocycles. The summed E-state index contributed by atoms with van der Waals surface area (Å²) >= 11 is 0. The number of benzene rings is 1. The molecule has 0 radical (unpaired) electrons. The van der Waals surface area contributed by atoms with Crippen LogP contribution in [0.25, 0.3) is 10.4 Å². The summed E-state index contributed by atoms with van der Waals surface area (Å²) in [4.78, 5) is 2.58. The molecule has 0 spiro atoms. The van der Waals surface area contributed by atoms with Crippen LogP contribution in [0.4, 0.5) is 0 Å². The van der Waals surface area contributed by atoms with Crippen molar-refractivity contribution in [1.82, 2.24) is 0 Å². The van der Waals surface area contributed by atoms with Crippen LogP contribution in [0.5, 0.6) is 0 Å². The highest BCUT2D eigenvalue weighted by molar-refractivity contribution is 5.79. The molecule has 0 amide bonds. The maximum absolute atomic E-state index is 8.33. The predicted molar refractivity (Wildman–Crippen MR) is 56.7 cm³/mol. The van der Waals surface area contributed by atoms with Crippen LogP contribution >= 0.6 is 0 Å². The molecule has 74 valence electrons. The lowest BCUT2D eigenvalue weighted by atomic mass is 10.1. The molecule has 5 nitrogen and oxygen atoms in total. The lowest BCUT2D eigenvalue weighted by molar-refractivity contribution is 0.322. The molecule has 0 aromatic heterocycles. The fraction of sp³-hybridized carbons (Fsp3) is 0.100. The second-order valence-corrected chi connectivity index (χ2v) is 2.56. The van der Waals surface area contributed by atoms with Crippen molar-refractivity contribution in [3.63, 3.8) is 0 Å². The van der Waals surface area contributed by atoms with Gasteiger partial charge in [-0.2, -0.15) is 0 Å². The van der Waals surface area contributed by atoms with Crippen LogP contribution in [-0.4, -0.2) is 18.0 Å². The highest BCUT2D eigenvalue weighted by atomic mass is 16.4. The maximum atomic E-state index is 8.33. The highest BCUT2D eigenvalue weighted by Gasteiger charge is 1.89. The zero-order chi connectivity index (χ0) is 10.9. The molecule has 0 fully saturated rings. The number of oxime groups is 1. The summed E-state index contributed by atoms with van der Waals surface area (Å²) in [5.41, 5.74) is 9.56. The highest BCUT2D eigenvalue weighted by Crippen LogP contribution is 2.01. The van der Waals surface area contributed by atoms with Crippen molar-refractivity contribution in [1.29, 1.82) is 0 Å². The molecule has 0 aliphatic heterocycles. The van der Waals surface area contributed by atoms with E-state index in [4.69, 9.17) is 10.7 Å². The fourth-order valence-electron chi connectivity index (χ4n) is 0.972. The SMILES string of the molecule is [N-]=[N+]=NCC#Cc1cccc(C=NO)c1. The van der Waals surface area contributed by atoms with E-state index in [0.717, 1.165) is 11.1 Å². The molecule has 1 N–H and O–H groups in total. The van der Waals surface area contributed by atoms with Crippen LogP contribution in [0.3, 0.4) is 0 Å². The molecule has 5 heteroatoms. The van der Waals surface area contributed by atoms with E-state index in [9.17, 15) is 0 Å². The van der Waals surface area contributed by atoms with Crippen LogP contribution in [-0.2, 0) is 0 Å². The second-order valence-electron chi connectivity index (χ2n) is 2.56. The van der Waals surface area contributed by atoms with Crippen molar-refractivity contribution in [3.05, 3.63) is 45.8 Å². The van der Waals surface area contributed by atoms with Gasteiger partial charge in [-0.3, -0.25) is 0 Å². The van der Waals surface area contributed by atoms with Gasteiger partial charge in [-0.25, -0.2) is 0 Å². The van der Waals surface area contributed by atoms with Crippen molar-refractivity contribution in [2.24, 2.45) is 10.3 Å². The van der Waals surface area contributed by atoms with Gasteiger partial charge in [0, 0.05) is 10.5 Å². The first-order valence-electron chi connectivity index (χ1n) is 4.14. The number of hydrogen-bond donors (Lipinski definition) is 1. The molecule has 0 aliphatic carbocycles. The molecule has 1 rings (SSSR count). The minimum atomic E-state index is 0.148. The molecular formula is C10H8N4O. The minimum absolute atomic E-state index is 0.148. The number of rotatable bonds is 2. The lowest BCUT2D eigenvalue weighted by Crippen LogP contribution is -1.82. The Labute approximate surface area is 86.7 Å². The lowest BCUT2D eigenvalue weighted by Gasteiger charge is -1.92. The summed E-state index contributed by atoms with van der Waals surface area (Å²) in [5, 5.41) is 14.5. The van der Waals surface area contributed by atoms with E-state index in [1.807, 2.05) is 6.07 Å². The zero-order valence-corrected chi connectivity index (χ0v) is 7.83. The van der Waals surface area contributed by atoms with Gasteiger partial charge in [0.05, 0.1) is 12.8 Å². The summed E-state index contributed by atoms with van der Waals surface area (Å²) in [6.45, 7) is 0.148. The number of nitrogens with zero attached hydrogens (tertiary/aromatic N) is 4. The van der Waals surface area contributed by atoms with Crippen LogP contribution < -0.4 is 0 Å². The quantitative estimate of drug-likeness (QED) is 0.148. The Bertz CT molecular complexity index is 464. The standard InChI is InChI=1S/C10H8N4O/c11-14-12-6-2-5-9-3-1-4-10(7-9)8-13-15/h1,3-4,7-8,15H,6H2. The fourth-order valence-corrected chi connectivity index (χ4v) is 0.972. The normalized spacial score (nSPS) is 9.07. The van der Waals surface area contributed by atoms with Crippen LogP contribution in [0, 0.1) is 11.8 Å². The zero-order valence-electron chi connectivity index (χ0n) is 7.83. The van der Waals surface area contributed by atoms with E-state index in [1.54, 1.807) is 18.2 Å². The van der Waals surface area contributed by atoms with Gasteiger partial charge in [-0.05, 0) is 23.2 Å². The molecule has 0 unspecified atom stereocenters. The van der Waals surface area contributed by atoms with Gasteiger partial charge in [-0.1, -0.05) is 34.2 Å².